The third kappa shape index (κ3) is 4.09. The number of nitrogens with zero attached hydrogens (tertiary/aromatic N) is 4. The smallest absolute Gasteiger partial charge is 0.163 e. The number of anilines is 1. The van der Waals surface area contributed by atoms with E-state index in [0.717, 1.165) is 25.2 Å². The number of benzene rings is 1. The molecule has 0 amide bonds. The first-order valence-corrected chi connectivity index (χ1v) is 7.29. The van der Waals surface area contributed by atoms with E-state index in [1.807, 2.05) is 30.3 Å². The van der Waals surface area contributed by atoms with Gasteiger partial charge in [0.15, 0.2) is 5.57 Å². The summed E-state index contributed by atoms with van der Waals surface area (Å²) < 4.78 is 0. The van der Waals surface area contributed by atoms with Crippen LogP contribution in [0.1, 0.15) is 24.8 Å². The van der Waals surface area contributed by atoms with E-state index in [0.29, 0.717) is 5.69 Å². The minimum Gasteiger partial charge on any atom is -0.345 e. The van der Waals surface area contributed by atoms with E-state index < -0.39 is 0 Å². The van der Waals surface area contributed by atoms with Crippen molar-refractivity contribution in [3.8, 4) is 18.2 Å². The minimum atomic E-state index is -0.205. The van der Waals surface area contributed by atoms with E-state index in [9.17, 15) is 0 Å². The van der Waals surface area contributed by atoms with Gasteiger partial charge in [0.25, 0.3) is 0 Å². The Bertz CT molecular complexity index is 662. The van der Waals surface area contributed by atoms with Gasteiger partial charge in [0.2, 0.25) is 0 Å². The van der Waals surface area contributed by atoms with Gasteiger partial charge in [-0.3, -0.25) is 4.90 Å². The number of hydrogen-bond acceptors (Lipinski definition) is 5. The molecule has 1 aromatic rings. The highest BCUT2D eigenvalue weighted by molar-refractivity contribution is 5.58. The molecule has 110 valence electrons. The molecule has 1 aliphatic rings. The van der Waals surface area contributed by atoms with Gasteiger partial charge in [0.1, 0.15) is 23.9 Å². The summed E-state index contributed by atoms with van der Waals surface area (Å²) >= 11 is 0. The van der Waals surface area contributed by atoms with E-state index in [1.54, 1.807) is 12.1 Å². The summed E-state index contributed by atoms with van der Waals surface area (Å²) in [7, 11) is 0. The van der Waals surface area contributed by atoms with Crippen molar-refractivity contribution < 1.29 is 0 Å². The largest absolute Gasteiger partial charge is 0.345 e. The third-order valence-electron chi connectivity index (χ3n) is 3.64. The van der Waals surface area contributed by atoms with E-state index in [2.05, 4.69) is 10.2 Å². The van der Waals surface area contributed by atoms with Gasteiger partial charge < -0.3 is 5.32 Å². The molecule has 0 saturated carbocycles. The fraction of sp³-hybridized carbons (Fsp3) is 0.353. The first-order valence-electron chi connectivity index (χ1n) is 7.29. The number of nitrogens with one attached hydrogen (secondary N) is 1. The Kier molecular flexibility index (Phi) is 5.55. The second kappa shape index (κ2) is 7.84. The van der Waals surface area contributed by atoms with Crippen LogP contribution in [0.15, 0.2) is 35.5 Å². The molecule has 0 unspecified atom stereocenters. The molecule has 0 spiro atoms. The van der Waals surface area contributed by atoms with Gasteiger partial charge in [-0.05, 0) is 43.6 Å². The SMILES string of the molecule is N#CC(C#N)=C(C#N)Nc1cccc(CN2CCCCC2)c1. The maximum Gasteiger partial charge on any atom is 0.163 e. The first-order chi connectivity index (χ1) is 10.8. The summed E-state index contributed by atoms with van der Waals surface area (Å²) in [5.41, 5.74) is 1.65. The van der Waals surface area contributed by atoms with Crippen molar-refractivity contribution in [1.29, 1.82) is 15.8 Å². The lowest BCUT2D eigenvalue weighted by molar-refractivity contribution is 0.221. The molecule has 22 heavy (non-hydrogen) atoms. The lowest BCUT2D eigenvalue weighted by Gasteiger charge is -2.26. The Labute approximate surface area is 130 Å². The molecule has 0 bridgehead atoms. The molecule has 1 heterocycles. The lowest BCUT2D eigenvalue weighted by atomic mass is 10.1. The normalized spacial score (nSPS) is 14.2. The van der Waals surface area contributed by atoms with E-state index in [4.69, 9.17) is 15.8 Å². The van der Waals surface area contributed by atoms with Crippen LogP contribution < -0.4 is 5.32 Å². The Morgan fingerprint density at radius 1 is 1.05 bits per heavy atom. The zero-order valence-corrected chi connectivity index (χ0v) is 12.3. The van der Waals surface area contributed by atoms with E-state index in [1.165, 1.54) is 19.3 Å². The zero-order chi connectivity index (χ0) is 15.8. The van der Waals surface area contributed by atoms with Crippen LogP contribution >= 0.6 is 0 Å². The summed E-state index contributed by atoms with van der Waals surface area (Å²) in [4.78, 5) is 2.42. The van der Waals surface area contributed by atoms with Crippen LogP contribution in [-0.4, -0.2) is 18.0 Å². The molecule has 1 fully saturated rings. The number of likely N-dealkylation sites (tertiary alicyclic amines) is 1. The quantitative estimate of drug-likeness (QED) is 0.862. The van der Waals surface area contributed by atoms with Crippen LogP contribution in [0.5, 0.6) is 0 Å². The van der Waals surface area contributed by atoms with Gasteiger partial charge in [-0.25, -0.2) is 0 Å². The number of allylic oxidation sites excluding steroid dienone is 2. The van der Waals surface area contributed by atoms with E-state index in [-0.39, 0.29) is 11.3 Å². The minimum absolute atomic E-state index is 0.0138. The maximum absolute atomic E-state index is 9.07. The highest BCUT2D eigenvalue weighted by Gasteiger charge is 2.11. The van der Waals surface area contributed by atoms with Crippen LogP contribution in [0.2, 0.25) is 0 Å². The zero-order valence-electron chi connectivity index (χ0n) is 12.3. The predicted octanol–water partition coefficient (Wildman–Crippen LogP) is 2.91. The van der Waals surface area contributed by atoms with Crippen molar-refractivity contribution in [2.45, 2.75) is 25.8 Å². The van der Waals surface area contributed by atoms with Gasteiger partial charge >= 0.3 is 0 Å². The van der Waals surface area contributed by atoms with Crippen molar-refractivity contribution in [1.82, 2.24) is 4.90 Å². The van der Waals surface area contributed by atoms with Crippen molar-refractivity contribution >= 4 is 5.69 Å². The Balaban J connectivity index is 2.12. The van der Waals surface area contributed by atoms with Crippen LogP contribution in [0.25, 0.3) is 0 Å². The molecular weight excluding hydrogens is 274 g/mol. The molecule has 1 aromatic carbocycles. The summed E-state index contributed by atoms with van der Waals surface area (Å²) in [6.45, 7) is 3.12. The molecule has 1 N–H and O–H groups in total. The molecule has 1 aliphatic heterocycles. The van der Waals surface area contributed by atoms with Crippen LogP contribution in [0.3, 0.4) is 0 Å². The predicted molar refractivity (Wildman–Crippen MR) is 83.1 cm³/mol. The summed E-state index contributed by atoms with van der Waals surface area (Å²) in [6, 6.07) is 13.1. The number of nitriles is 3. The summed E-state index contributed by atoms with van der Waals surface area (Å²) in [5.74, 6) is 0. The Hall–Kier alpha value is -2.81. The molecule has 0 aliphatic carbocycles. The molecule has 1 saturated heterocycles. The Morgan fingerprint density at radius 2 is 1.77 bits per heavy atom. The number of rotatable bonds is 4. The standard InChI is InChI=1S/C17H17N5/c18-10-15(11-19)17(12-20)21-16-6-4-5-14(9-16)13-22-7-2-1-3-8-22/h4-6,9,21H,1-3,7-8,13H2. The molecule has 5 heteroatoms. The average Bonchev–Trinajstić information content (AvgIpc) is 2.56. The first kappa shape index (κ1) is 15.6. The van der Waals surface area contributed by atoms with Crippen molar-refractivity contribution in [3.63, 3.8) is 0 Å². The van der Waals surface area contributed by atoms with Crippen LogP contribution in [0.4, 0.5) is 5.69 Å². The third-order valence-corrected chi connectivity index (χ3v) is 3.64. The lowest BCUT2D eigenvalue weighted by Crippen LogP contribution is -2.29. The van der Waals surface area contributed by atoms with Gasteiger partial charge in [-0.1, -0.05) is 18.6 Å². The van der Waals surface area contributed by atoms with Crippen molar-refractivity contribution in [2.24, 2.45) is 0 Å². The number of piperidine rings is 1. The topological polar surface area (TPSA) is 86.6 Å². The highest BCUT2D eigenvalue weighted by atomic mass is 15.1. The fourth-order valence-corrected chi connectivity index (χ4v) is 2.55. The van der Waals surface area contributed by atoms with Gasteiger partial charge in [0, 0.05) is 12.2 Å². The molecule has 0 radical (unpaired) electrons. The van der Waals surface area contributed by atoms with Gasteiger partial charge in [-0.2, -0.15) is 15.8 Å². The second-order valence-corrected chi connectivity index (χ2v) is 5.25. The summed E-state index contributed by atoms with van der Waals surface area (Å²) in [5, 5.41) is 29.6. The van der Waals surface area contributed by atoms with E-state index >= 15 is 0 Å². The second-order valence-electron chi connectivity index (χ2n) is 5.25. The molecule has 0 aromatic heterocycles. The van der Waals surface area contributed by atoms with Crippen molar-refractivity contribution in [3.05, 3.63) is 41.1 Å². The molecule has 0 atom stereocenters. The Morgan fingerprint density at radius 3 is 2.41 bits per heavy atom. The molecular formula is C17H17N5. The van der Waals surface area contributed by atoms with Crippen LogP contribution in [0, 0.1) is 34.0 Å². The van der Waals surface area contributed by atoms with Gasteiger partial charge in [0.05, 0.1) is 0 Å². The number of hydrogen-bond donors (Lipinski definition) is 1. The van der Waals surface area contributed by atoms with Crippen molar-refractivity contribution in [2.75, 3.05) is 18.4 Å². The van der Waals surface area contributed by atoms with Crippen LogP contribution in [-0.2, 0) is 6.54 Å². The average molecular weight is 291 g/mol. The molecule has 5 nitrogen and oxygen atoms in total. The fourth-order valence-electron chi connectivity index (χ4n) is 2.55. The molecule has 2 rings (SSSR count). The monoisotopic (exact) mass is 291 g/mol. The van der Waals surface area contributed by atoms with Gasteiger partial charge in [-0.15, -0.1) is 0 Å². The maximum atomic E-state index is 9.07. The highest BCUT2D eigenvalue weighted by Crippen LogP contribution is 2.18. The summed E-state index contributed by atoms with van der Waals surface area (Å²) in [6.07, 6.45) is 3.79.